The van der Waals surface area contributed by atoms with Crippen molar-refractivity contribution in [2.75, 3.05) is 25.2 Å². The molecule has 0 spiro atoms. The third kappa shape index (κ3) is 12.4. The zero-order chi connectivity index (χ0) is 13.1. The summed E-state index contributed by atoms with van der Waals surface area (Å²) >= 11 is 4.17. The lowest BCUT2D eigenvalue weighted by Crippen LogP contribution is -2.17. The lowest BCUT2D eigenvalue weighted by atomic mass is 10.2. The lowest BCUT2D eigenvalue weighted by molar-refractivity contribution is -0.138. The number of rotatable bonds is 4. The van der Waals surface area contributed by atoms with E-state index < -0.39 is 0 Å². The minimum absolute atomic E-state index is 0.318. The number of ether oxygens (including phenoxy) is 2. The van der Waals surface area contributed by atoms with Crippen LogP contribution in [0.3, 0.4) is 0 Å². The number of hydrogen-bond donors (Lipinski definition) is 0. The van der Waals surface area contributed by atoms with Crippen molar-refractivity contribution in [2.45, 2.75) is 43.8 Å². The first kappa shape index (κ1) is 17.1. The molecule has 0 aromatic rings. The molecule has 0 bridgehead atoms. The standard InChI is InChI=1S/C7H14OS2.C5H10O2/c1-8-4-3-7-9-5-2-6-10-7;1-5(2,3)7-4-6/h7H,2-6H2,1H3;4H,1-3H3. The molecule has 17 heavy (non-hydrogen) atoms. The highest BCUT2D eigenvalue weighted by Crippen LogP contribution is 2.32. The molecular formula is C12H24O3S2. The van der Waals surface area contributed by atoms with Crippen molar-refractivity contribution in [3.8, 4) is 0 Å². The van der Waals surface area contributed by atoms with Crippen molar-refractivity contribution < 1.29 is 14.3 Å². The van der Waals surface area contributed by atoms with E-state index in [2.05, 4.69) is 28.3 Å². The fourth-order valence-corrected chi connectivity index (χ4v) is 3.88. The molecule has 0 aromatic heterocycles. The zero-order valence-corrected chi connectivity index (χ0v) is 12.9. The third-order valence-corrected chi connectivity index (χ3v) is 4.94. The van der Waals surface area contributed by atoms with Gasteiger partial charge in [-0.15, -0.1) is 23.5 Å². The first-order chi connectivity index (χ1) is 7.99. The van der Waals surface area contributed by atoms with Crippen LogP contribution in [0, 0.1) is 0 Å². The quantitative estimate of drug-likeness (QED) is 0.739. The van der Waals surface area contributed by atoms with Crippen LogP contribution < -0.4 is 0 Å². The molecule has 0 aromatic carbocycles. The highest BCUT2D eigenvalue weighted by atomic mass is 32.2. The molecule has 0 N–H and O–H groups in total. The van der Waals surface area contributed by atoms with Gasteiger partial charge in [-0.05, 0) is 45.1 Å². The monoisotopic (exact) mass is 280 g/mol. The SMILES string of the molecule is CC(C)(C)OC=O.COCCC1SCCCS1. The Kier molecular flexibility index (Phi) is 10.2. The maximum absolute atomic E-state index is 9.60. The Labute approximate surface area is 113 Å². The summed E-state index contributed by atoms with van der Waals surface area (Å²) < 4.78 is 10.4. The van der Waals surface area contributed by atoms with Crippen molar-refractivity contribution in [1.82, 2.24) is 0 Å². The maximum Gasteiger partial charge on any atom is 0.293 e. The summed E-state index contributed by atoms with van der Waals surface area (Å²) in [5.41, 5.74) is -0.318. The van der Waals surface area contributed by atoms with Crippen molar-refractivity contribution in [1.29, 1.82) is 0 Å². The Bertz CT molecular complexity index is 187. The first-order valence-electron chi connectivity index (χ1n) is 5.83. The summed E-state index contributed by atoms with van der Waals surface area (Å²) in [5.74, 6) is 2.70. The molecule has 1 aliphatic heterocycles. The molecule has 3 nitrogen and oxygen atoms in total. The van der Waals surface area contributed by atoms with Gasteiger partial charge in [-0.3, -0.25) is 4.79 Å². The summed E-state index contributed by atoms with van der Waals surface area (Å²) in [7, 11) is 1.78. The molecule has 0 saturated carbocycles. The van der Waals surface area contributed by atoms with E-state index in [0.29, 0.717) is 6.47 Å². The normalized spacial score (nSPS) is 16.9. The second-order valence-corrected chi connectivity index (χ2v) is 7.55. The Morgan fingerprint density at radius 3 is 2.24 bits per heavy atom. The number of carbonyl (C=O) groups excluding carboxylic acids is 1. The first-order valence-corrected chi connectivity index (χ1v) is 7.93. The van der Waals surface area contributed by atoms with E-state index in [9.17, 15) is 4.79 Å². The van der Waals surface area contributed by atoms with Crippen LogP contribution in [0.15, 0.2) is 0 Å². The van der Waals surface area contributed by atoms with Crippen LogP contribution >= 0.6 is 23.5 Å². The van der Waals surface area contributed by atoms with Gasteiger partial charge in [0.15, 0.2) is 0 Å². The van der Waals surface area contributed by atoms with Crippen LogP contribution in [0.2, 0.25) is 0 Å². The van der Waals surface area contributed by atoms with Gasteiger partial charge in [0, 0.05) is 13.7 Å². The van der Waals surface area contributed by atoms with Crippen LogP contribution in [0.5, 0.6) is 0 Å². The van der Waals surface area contributed by atoms with Crippen LogP contribution in [-0.4, -0.2) is 41.9 Å². The second-order valence-electron chi connectivity index (χ2n) is 4.63. The third-order valence-electron chi connectivity index (χ3n) is 1.86. The second kappa shape index (κ2) is 10.1. The van der Waals surface area contributed by atoms with Crippen molar-refractivity contribution in [2.24, 2.45) is 0 Å². The van der Waals surface area contributed by atoms with Crippen LogP contribution in [-0.2, 0) is 14.3 Å². The maximum atomic E-state index is 9.60. The average molecular weight is 280 g/mol. The van der Waals surface area contributed by atoms with E-state index in [0.717, 1.165) is 11.2 Å². The molecule has 0 radical (unpaired) electrons. The van der Waals surface area contributed by atoms with Crippen LogP contribution in [0.1, 0.15) is 33.6 Å². The minimum atomic E-state index is -0.318. The van der Waals surface area contributed by atoms with Crippen LogP contribution in [0.25, 0.3) is 0 Å². The van der Waals surface area contributed by atoms with Crippen molar-refractivity contribution in [3.05, 3.63) is 0 Å². The van der Waals surface area contributed by atoms with E-state index in [1.54, 1.807) is 7.11 Å². The number of methoxy groups -OCH3 is 1. The topological polar surface area (TPSA) is 35.5 Å². The molecule has 1 rings (SSSR count). The van der Waals surface area contributed by atoms with Gasteiger partial charge in [0.25, 0.3) is 6.47 Å². The zero-order valence-electron chi connectivity index (χ0n) is 11.2. The Balaban J connectivity index is 0.000000325. The smallest absolute Gasteiger partial charge is 0.293 e. The molecule has 0 aliphatic carbocycles. The summed E-state index contributed by atoms with van der Waals surface area (Å²) in [6, 6.07) is 0. The minimum Gasteiger partial charge on any atom is -0.462 e. The predicted octanol–water partition coefficient (Wildman–Crippen LogP) is 3.18. The molecule has 1 saturated heterocycles. The van der Waals surface area contributed by atoms with E-state index in [1.165, 1.54) is 24.3 Å². The summed E-state index contributed by atoms with van der Waals surface area (Å²) in [6.07, 6.45) is 2.60. The van der Waals surface area contributed by atoms with Crippen LogP contribution in [0.4, 0.5) is 0 Å². The van der Waals surface area contributed by atoms with Gasteiger partial charge in [-0.2, -0.15) is 0 Å². The summed E-state index contributed by atoms with van der Waals surface area (Å²) in [4.78, 5) is 9.60. The molecular weight excluding hydrogens is 256 g/mol. The molecule has 0 atom stereocenters. The van der Waals surface area contributed by atoms with Gasteiger partial charge in [0.05, 0.1) is 4.58 Å². The Morgan fingerprint density at radius 1 is 1.29 bits per heavy atom. The molecule has 0 amide bonds. The highest BCUT2D eigenvalue weighted by Gasteiger charge is 2.13. The lowest BCUT2D eigenvalue weighted by Gasteiger charge is -2.19. The molecule has 1 heterocycles. The van der Waals surface area contributed by atoms with Gasteiger partial charge >= 0.3 is 0 Å². The van der Waals surface area contributed by atoms with Gasteiger partial charge in [-0.25, -0.2) is 0 Å². The molecule has 0 unspecified atom stereocenters. The summed E-state index contributed by atoms with van der Waals surface area (Å²) in [6.45, 7) is 6.84. The van der Waals surface area contributed by atoms with E-state index >= 15 is 0 Å². The van der Waals surface area contributed by atoms with Crippen molar-refractivity contribution in [3.63, 3.8) is 0 Å². The van der Waals surface area contributed by atoms with E-state index in [1.807, 2.05) is 20.8 Å². The summed E-state index contributed by atoms with van der Waals surface area (Å²) in [5, 5.41) is 0. The van der Waals surface area contributed by atoms with Crippen molar-refractivity contribution >= 4 is 30.0 Å². The van der Waals surface area contributed by atoms with E-state index in [-0.39, 0.29) is 5.60 Å². The van der Waals surface area contributed by atoms with Gasteiger partial charge in [0.1, 0.15) is 5.60 Å². The van der Waals surface area contributed by atoms with Gasteiger partial charge < -0.3 is 9.47 Å². The Morgan fingerprint density at radius 2 is 1.88 bits per heavy atom. The fourth-order valence-electron chi connectivity index (χ4n) is 1.06. The van der Waals surface area contributed by atoms with Gasteiger partial charge in [0.2, 0.25) is 0 Å². The molecule has 1 aliphatic rings. The number of thioether (sulfide) groups is 2. The largest absolute Gasteiger partial charge is 0.462 e. The average Bonchev–Trinajstić information content (AvgIpc) is 2.27. The fraction of sp³-hybridized carbons (Fsp3) is 0.917. The number of carbonyl (C=O) groups is 1. The molecule has 102 valence electrons. The number of hydrogen-bond acceptors (Lipinski definition) is 5. The molecule has 5 heteroatoms. The predicted molar refractivity (Wildman–Crippen MR) is 76.7 cm³/mol. The van der Waals surface area contributed by atoms with E-state index in [4.69, 9.17) is 4.74 Å². The van der Waals surface area contributed by atoms with Gasteiger partial charge in [-0.1, -0.05) is 0 Å². The Hall–Kier alpha value is 0.130. The highest BCUT2D eigenvalue weighted by molar-refractivity contribution is 8.17. The molecule has 1 fully saturated rings.